The molecule has 0 saturated heterocycles. The molecule has 0 spiro atoms. The van der Waals surface area contributed by atoms with E-state index in [-0.39, 0.29) is 18.9 Å². The van der Waals surface area contributed by atoms with Crippen molar-refractivity contribution in [1.29, 1.82) is 0 Å². The number of nitrogens with one attached hydrogen (secondary N) is 1. The number of ether oxygens (including phenoxy) is 2. The fourth-order valence-electron chi connectivity index (χ4n) is 2.33. The Morgan fingerprint density at radius 1 is 1.08 bits per heavy atom. The van der Waals surface area contributed by atoms with Crippen molar-refractivity contribution in [1.82, 2.24) is 15.4 Å². The summed E-state index contributed by atoms with van der Waals surface area (Å²) in [5.41, 5.74) is 2.44. The normalized spacial score (nSPS) is 10.6. The van der Waals surface area contributed by atoms with E-state index in [1.54, 1.807) is 13.0 Å². The first-order valence-electron chi connectivity index (χ1n) is 7.83. The number of H-pyrrole nitrogens is 1. The molecule has 1 N–H and O–H groups in total. The molecule has 0 radical (unpaired) electrons. The second-order valence-electron chi connectivity index (χ2n) is 5.33. The fraction of sp³-hybridized carbons (Fsp3) is 0.167. The van der Waals surface area contributed by atoms with Crippen LogP contribution in [0.2, 0.25) is 10.0 Å². The summed E-state index contributed by atoms with van der Waals surface area (Å²) in [5.74, 6) is 0.115. The minimum atomic E-state index is -0.510. The summed E-state index contributed by atoms with van der Waals surface area (Å²) in [6, 6.07) is 12.8. The summed E-state index contributed by atoms with van der Waals surface area (Å²) in [7, 11) is 0. The first-order chi connectivity index (χ1) is 12.6. The van der Waals surface area contributed by atoms with Gasteiger partial charge in [-0.3, -0.25) is 5.10 Å². The van der Waals surface area contributed by atoms with Gasteiger partial charge in [-0.15, -0.1) is 5.10 Å². The minimum absolute atomic E-state index is 0.0903. The monoisotopic (exact) mass is 391 g/mol. The maximum atomic E-state index is 11.8. The van der Waals surface area contributed by atoms with E-state index >= 15 is 0 Å². The summed E-state index contributed by atoms with van der Waals surface area (Å²) < 4.78 is 10.6. The third kappa shape index (κ3) is 4.33. The van der Waals surface area contributed by atoms with Crippen LogP contribution in [-0.4, -0.2) is 28.0 Å². The number of nitrogens with zero attached hydrogens (tertiary/aromatic N) is 2. The van der Waals surface area contributed by atoms with Crippen molar-refractivity contribution in [3.05, 3.63) is 63.9 Å². The van der Waals surface area contributed by atoms with Crippen LogP contribution in [0.25, 0.3) is 11.1 Å². The Labute approximate surface area is 160 Å². The summed E-state index contributed by atoms with van der Waals surface area (Å²) in [6.07, 6.45) is 0. The van der Waals surface area contributed by atoms with Crippen LogP contribution in [0.4, 0.5) is 0 Å². The quantitative estimate of drug-likeness (QED) is 0.624. The number of hydrogen-bond acceptors (Lipinski definition) is 5. The van der Waals surface area contributed by atoms with Gasteiger partial charge in [0.15, 0.2) is 5.69 Å². The molecule has 0 atom stereocenters. The molecule has 0 aliphatic carbocycles. The third-order valence-electron chi connectivity index (χ3n) is 3.53. The van der Waals surface area contributed by atoms with Crippen molar-refractivity contribution in [3.8, 4) is 16.9 Å². The Hall–Kier alpha value is -2.57. The van der Waals surface area contributed by atoms with Crippen LogP contribution in [0.5, 0.6) is 5.75 Å². The standard InChI is InChI=1S/C18H15Cl2N3O3/c1-2-25-18(24)17-16(21-23-22-17)10-26-15-5-3-11(4-6-15)12-7-13(19)9-14(20)8-12/h3-9H,2,10H2,1H3,(H,21,22,23). The van der Waals surface area contributed by atoms with Gasteiger partial charge in [-0.05, 0) is 48.4 Å². The molecule has 134 valence electrons. The average Bonchev–Trinajstić information content (AvgIpc) is 3.08. The van der Waals surface area contributed by atoms with Crippen molar-refractivity contribution in [2.45, 2.75) is 13.5 Å². The number of rotatable bonds is 6. The first-order valence-corrected chi connectivity index (χ1v) is 8.58. The van der Waals surface area contributed by atoms with E-state index in [1.165, 1.54) is 0 Å². The van der Waals surface area contributed by atoms with Crippen molar-refractivity contribution < 1.29 is 14.3 Å². The van der Waals surface area contributed by atoms with Crippen LogP contribution in [0, 0.1) is 0 Å². The lowest BCUT2D eigenvalue weighted by atomic mass is 10.1. The summed E-state index contributed by atoms with van der Waals surface area (Å²) in [4.78, 5) is 11.8. The van der Waals surface area contributed by atoms with Crippen LogP contribution >= 0.6 is 23.2 Å². The number of benzene rings is 2. The van der Waals surface area contributed by atoms with E-state index in [0.717, 1.165) is 11.1 Å². The number of carbonyl (C=O) groups is 1. The zero-order valence-corrected chi connectivity index (χ0v) is 15.3. The molecular formula is C18H15Cl2N3O3. The van der Waals surface area contributed by atoms with Crippen LogP contribution < -0.4 is 4.74 Å². The van der Waals surface area contributed by atoms with Gasteiger partial charge >= 0.3 is 5.97 Å². The third-order valence-corrected chi connectivity index (χ3v) is 3.96. The molecule has 0 aliphatic rings. The number of esters is 1. The molecule has 1 aromatic heterocycles. The number of hydrogen-bond donors (Lipinski definition) is 1. The lowest BCUT2D eigenvalue weighted by Gasteiger charge is -2.08. The Morgan fingerprint density at radius 2 is 1.77 bits per heavy atom. The predicted molar refractivity (Wildman–Crippen MR) is 98.6 cm³/mol. The lowest BCUT2D eigenvalue weighted by Crippen LogP contribution is -2.09. The van der Waals surface area contributed by atoms with E-state index in [2.05, 4.69) is 15.4 Å². The van der Waals surface area contributed by atoms with E-state index in [4.69, 9.17) is 32.7 Å². The van der Waals surface area contributed by atoms with Gasteiger partial charge in [0.2, 0.25) is 0 Å². The van der Waals surface area contributed by atoms with Crippen LogP contribution in [0.15, 0.2) is 42.5 Å². The molecule has 0 aliphatic heterocycles. The molecule has 6 nitrogen and oxygen atoms in total. The largest absolute Gasteiger partial charge is 0.487 e. The van der Waals surface area contributed by atoms with E-state index in [0.29, 0.717) is 21.5 Å². The summed E-state index contributed by atoms with van der Waals surface area (Å²) in [6.45, 7) is 2.09. The lowest BCUT2D eigenvalue weighted by molar-refractivity contribution is 0.0516. The zero-order valence-electron chi connectivity index (χ0n) is 13.8. The summed E-state index contributed by atoms with van der Waals surface area (Å²) >= 11 is 12.1. The molecule has 8 heteroatoms. The van der Waals surface area contributed by atoms with Gasteiger partial charge in [0, 0.05) is 10.0 Å². The van der Waals surface area contributed by atoms with Gasteiger partial charge in [-0.25, -0.2) is 4.79 Å². The maximum Gasteiger partial charge on any atom is 0.358 e. The Bertz CT molecular complexity index is 890. The molecule has 0 saturated carbocycles. The fourth-order valence-corrected chi connectivity index (χ4v) is 2.86. The molecule has 2 aromatic carbocycles. The van der Waals surface area contributed by atoms with Crippen LogP contribution in [-0.2, 0) is 11.3 Å². The molecule has 1 heterocycles. The van der Waals surface area contributed by atoms with E-state index in [1.807, 2.05) is 36.4 Å². The molecule has 3 aromatic rings. The number of aromatic nitrogens is 3. The van der Waals surface area contributed by atoms with Gasteiger partial charge in [0.1, 0.15) is 18.1 Å². The Morgan fingerprint density at radius 3 is 2.42 bits per heavy atom. The van der Waals surface area contributed by atoms with E-state index < -0.39 is 5.97 Å². The zero-order chi connectivity index (χ0) is 18.5. The second-order valence-corrected chi connectivity index (χ2v) is 6.20. The molecule has 0 fully saturated rings. The average molecular weight is 392 g/mol. The highest BCUT2D eigenvalue weighted by Crippen LogP contribution is 2.28. The van der Waals surface area contributed by atoms with Crippen molar-refractivity contribution >= 4 is 29.2 Å². The second kappa shape index (κ2) is 8.21. The smallest absolute Gasteiger partial charge is 0.358 e. The van der Waals surface area contributed by atoms with Gasteiger partial charge in [0.25, 0.3) is 0 Å². The molecule has 0 bridgehead atoms. The highest BCUT2D eigenvalue weighted by molar-refractivity contribution is 6.35. The number of carbonyl (C=O) groups excluding carboxylic acids is 1. The number of aromatic amines is 1. The van der Waals surface area contributed by atoms with Crippen LogP contribution in [0.1, 0.15) is 23.1 Å². The molecule has 3 rings (SSSR count). The molecule has 0 unspecified atom stereocenters. The number of halogens is 2. The van der Waals surface area contributed by atoms with Gasteiger partial charge in [0.05, 0.1) is 6.61 Å². The van der Waals surface area contributed by atoms with Gasteiger partial charge < -0.3 is 9.47 Å². The molecule has 0 amide bonds. The van der Waals surface area contributed by atoms with E-state index in [9.17, 15) is 4.79 Å². The topological polar surface area (TPSA) is 77.1 Å². The Balaban J connectivity index is 1.69. The van der Waals surface area contributed by atoms with Crippen molar-refractivity contribution in [2.24, 2.45) is 0 Å². The highest BCUT2D eigenvalue weighted by Gasteiger charge is 2.17. The van der Waals surface area contributed by atoms with Gasteiger partial charge in [-0.2, -0.15) is 0 Å². The first kappa shape index (κ1) is 18.2. The highest BCUT2D eigenvalue weighted by atomic mass is 35.5. The summed E-state index contributed by atoms with van der Waals surface area (Å²) in [5, 5.41) is 11.2. The van der Waals surface area contributed by atoms with Gasteiger partial charge in [-0.1, -0.05) is 40.5 Å². The van der Waals surface area contributed by atoms with Crippen LogP contribution in [0.3, 0.4) is 0 Å². The Kier molecular flexibility index (Phi) is 5.75. The van der Waals surface area contributed by atoms with Crippen molar-refractivity contribution in [3.63, 3.8) is 0 Å². The minimum Gasteiger partial charge on any atom is -0.487 e. The molecule has 26 heavy (non-hydrogen) atoms. The predicted octanol–water partition coefficient (Wildman–Crippen LogP) is 4.53. The van der Waals surface area contributed by atoms with Crippen molar-refractivity contribution in [2.75, 3.05) is 6.61 Å². The maximum absolute atomic E-state index is 11.8. The SMILES string of the molecule is CCOC(=O)c1[nH]nnc1COc1ccc(-c2cc(Cl)cc(Cl)c2)cc1. The molecular weight excluding hydrogens is 377 g/mol.